The van der Waals surface area contributed by atoms with Gasteiger partial charge < -0.3 is 4.84 Å². The second-order valence-corrected chi connectivity index (χ2v) is 8.23. The molecule has 2 aromatic carbocycles. The van der Waals surface area contributed by atoms with Gasteiger partial charge in [0.25, 0.3) is 0 Å². The summed E-state index contributed by atoms with van der Waals surface area (Å²) in [5.74, 6) is 5.85. The SMILES string of the molecule is CCCCCCCCCCC#Cc1ccc(CN(Cc2ccc(F)cc2)OC(C)=O)cc1. The van der Waals surface area contributed by atoms with Crippen LogP contribution in [0.1, 0.15) is 88.3 Å². The molecule has 172 valence electrons. The molecule has 0 atom stereocenters. The van der Waals surface area contributed by atoms with Crippen LogP contribution >= 0.6 is 0 Å². The minimum atomic E-state index is -0.379. The monoisotopic (exact) mass is 437 g/mol. The minimum Gasteiger partial charge on any atom is -0.368 e. The largest absolute Gasteiger partial charge is 0.368 e. The molecule has 0 aromatic heterocycles. The lowest BCUT2D eigenvalue weighted by molar-refractivity contribution is -0.194. The number of benzene rings is 2. The van der Waals surface area contributed by atoms with Crippen molar-refractivity contribution in [3.8, 4) is 11.8 Å². The number of carbonyl (C=O) groups excluding carboxylic acids is 1. The van der Waals surface area contributed by atoms with Crippen LogP contribution in [0.2, 0.25) is 0 Å². The highest BCUT2D eigenvalue weighted by Gasteiger charge is 2.11. The standard InChI is InChI=1S/C28H36FNO2/c1-3-4-5-6-7-8-9-10-11-12-13-25-14-16-26(17-15-25)22-30(32-24(2)31)23-27-18-20-28(29)21-19-27/h14-21H,3-11,22-23H2,1-2H3. The van der Waals surface area contributed by atoms with Crippen LogP contribution in [-0.4, -0.2) is 11.0 Å². The van der Waals surface area contributed by atoms with Crippen molar-refractivity contribution in [1.29, 1.82) is 0 Å². The summed E-state index contributed by atoms with van der Waals surface area (Å²) in [4.78, 5) is 16.8. The van der Waals surface area contributed by atoms with E-state index in [2.05, 4.69) is 18.8 Å². The fraction of sp³-hybridized carbons (Fsp3) is 0.464. The van der Waals surface area contributed by atoms with E-state index in [1.807, 2.05) is 24.3 Å². The molecule has 0 aliphatic carbocycles. The quantitative estimate of drug-likeness (QED) is 0.189. The number of hydrogen-bond acceptors (Lipinski definition) is 3. The second-order valence-electron chi connectivity index (χ2n) is 8.23. The lowest BCUT2D eigenvalue weighted by Gasteiger charge is -2.20. The summed E-state index contributed by atoms with van der Waals surface area (Å²) in [6.07, 6.45) is 11.4. The molecule has 0 amide bonds. The maximum Gasteiger partial charge on any atom is 0.322 e. The van der Waals surface area contributed by atoms with Gasteiger partial charge in [0.05, 0.1) is 13.1 Å². The third kappa shape index (κ3) is 11.1. The van der Waals surface area contributed by atoms with E-state index in [9.17, 15) is 9.18 Å². The van der Waals surface area contributed by atoms with Gasteiger partial charge in [-0.3, -0.25) is 4.79 Å². The van der Waals surface area contributed by atoms with Gasteiger partial charge in [0.15, 0.2) is 0 Å². The highest BCUT2D eigenvalue weighted by molar-refractivity contribution is 5.65. The lowest BCUT2D eigenvalue weighted by atomic mass is 10.1. The molecule has 4 heteroatoms. The van der Waals surface area contributed by atoms with E-state index in [4.69, 9.17) is 4.84 Å². The first kappa shape index (κ1) is 25.6. The molecule has 2 rings (SSSR count). The zero-order valence-corrected chi connectivity index (χ0v) is 19.5. The van der Waals surface area contributed by atoms with Crippen molar-refractivity contribution in [2.24, 2.45) is 0 Å². The van der Waals surface area contributed by atoms with E-state index in [1.165, 1.54) is 70.4 Å². The molecule has 0 spiro atoms. The normalized spacial score (nSPS) is 10.6. The molecule has 0 aliphatic heterocycles. The molecule has 0 saturated heterocycles. The van der Waals surface area contributed by atoms with E-state index in [-0.39, 0.29) is 11.8 Å². The summed E-state index contributed by atoms with van der Waals surface area (Å²) in [5.41, 5.74) is 2.88. The number of halogens is 1. The molecule has 0 saturated carbocycles. The Morgan fingerprint density at radius 3 is 1.94 bits per heavy atom. The van der Waals surface area contributed by atoms with Gasteiger partial charge in [0, 0.05) is 18.9 Å². The van der Waals surface area contributed by atoms with E-state index < -0.39 is 0 Å². The number of rotatable bonds is 13. The summed E-state index contributed by atoms with van der Waals surface area (Å²) in [6, 6.07) is 14.2. The first-order valence-corrected chi connectivity index (χ1v) is 11.8. The third-order valence-electron chi connectivity index (χ3n) is 5.23. The third-order valence-corrected chi connectivity index (χ3v) is 5.23. The molecule has 0 heterocycles. The molecule has 3 nitrogen and oxygen atoms in total. The number of hydrogen-bond donors (Lipinski definition) is 0. The average Bonchev–Trinajstić information content (AvgIpc) is 2.77. The Kier molecular flexibility index (Phi) is 12.2. The van der Waals surface area contributed by atoms with Gasteiger partial charge in [0.1, 0.15) is 5.82 Å². The zero-order valence-electron chi connectivity index (χ0n) is 19.5. The van der Waals surface area contributed by atoms with Gasteiger partial charge >= 0.3 is 5.97 Å². The number of hydroxylamine groups is 2. The topological polar surface area (TPSA) is 29.5 Å². The minimum absolute atomic E-state index is 0.285. The van der Waals surface area contributed by atoms with Crippen LogP contribution < -0.4 is 0 Å². The zero-order chi connectivity index (χ0) is 23.0. The fourth-order valence-electron chi connectivity index (χ4n) is 3.50. The molecule has 0 radical (unpaired) electrons. The van der Waals surface area contributed by atoms with Crippen LogP contribution in [0.3, 0.4) is 0 Å². The summed E-state index contributed by atoms with van der Waals surface area (Å²) >= 11 is 0. The maximum atomic E-state index is 13.1. The van der Waals surface area contributed by atoms with Gasteiger partial charge in [-0.05, 0) is 41.8 Å². The highest BCUT2D eigenvalue weighted by atomic mass is 19.1. The predicted octanol–water partition coefficient (Wildman–Crippen LogP) is 7.19. The van der Waals surface area contributed by atoms with Crippen molar-refractivity contribution in [1.82, 2.24) is 5.06 Å². The van der Waals surface area contributed by atoms with Crippen molar-refractivity contribution in [3.05, 3.63) is 71.0 Å². The van der Waals surface area contributed by atoms with Crippen LogP contribution in [0.4, 0.5) is 4.39 Å². The van der Waals surface area contributed by atoms with Gasteiger partial charge in [-0.15, -0.1) is 5.06 Å². The number of nitrogens with zero attached hydrogens (tertiary/aromatic N) is 1. The Morgan fingerprint density at radius 2 is 1.38 bits per heavy atom. The second kappa shape index (κ2) is 15.2. The number of unbranched alkanes of at least 4 members (excludes halogenated alkanes) is 8. The molecule has 0 fully saturated rings. The lowest BCUT2D eigenvalue weighted by Crippen LogP contribution is -2.25. The molecule has 0 unspecified atom stereocenters. The molecule has 0 aliphatic rings. The fourth-order valence-corrected chi connectivity index (χ4v) is 3.50. The van der Waals surface area contributed by atoms with Crippen molar-refractivity contribution < 1.29 is 14.0 Å². The van der Waals surface area contributed by atoms with Gasteiger partial charge in [-0.1, -0.05) is 88.0 Å². The van der Waals surface area contributed by atoms with E-state index in [0.29, 0.717) is 13.1 Å². The van der Waals surface area contributed by atoms with Crippen LogP contribution in [-0.2, 0) is 22.7 Å². The molecule has 0 N–H and O–H groups in total. The Hall–Kier alpha value is -2.64. The molecular formula is C28H36FNO2. The molecule has 2 aromatic rings. The molecule has 32 heavy (non-hydrogen) atoms. The summed E-state index contributed by atoms with van der Waals surface area (Å²) in [7, 11) is 0. The Bertz CT molecular complexity index is 850. The van der Waals surface area contributed by atoms with Crippen molar-refractivity contribution in [2.75, 3.05) is 0 Å². The van der Waals surface area contributed by atoms with Gasteiger partial charge in [0.2, 0.25) is 0 Å². The van der Waals surface area contributed by atoms with Crippen LogP contribution in [0.25, 0.3) is 0 Å². The highest BCUT2D eigenvalue weighted by Crippen LogP contribution is 2.13. The van der Waals surface area contributed by atoms with Crippen LogP contribution in [0, 0.1) is 17.7 Å². The first-order valence-electron chi connectivity index (χ1n) is 11.8. The predicted molar refractivity (Wildman–Crippen MR) is 128 cm³/mol. The smallest absolute Gasteiger partial charge is 0.322 e. The molecule has 0 bridgehead atoms. The Morgan fingerprint density at radius 1 is 0.844 bits per heavy atom. The summed E-state index contributed by atoms with van der Waals surface area (Å²) in [6.45, 7) is 4.46. The van der Waals surface area contributed by atoms with Crippen LogP contribution in [0.5, 0.6) is 0 Å². The van der Waals surface area contributed by atoms with Gasteiger partial charge in [-0.2, -0.15) is 0 Å². The summed E-state index contributed by atoms with van der Waals surface area (Å²) < 4.78 is 13.1. The Labute approximate surface area is 192 Å². The van der Waals surface area contributed by atoms with Gasteiger partial charge in [-0.25, -0.2) is 4.39 Å². The van der Waals surface area contributed by atoms with E-state index in [0.717, 1.165) is 23.1 Å². The first-order chi connectivity index (χ1) is 15.6. The molecular weight excluding hydrogens is 401 g/mol. The maximum absolute atomic E-state index is 13.1. The average molecular weight is 438 g/mol. The van der Waals surface area contributed by atoms with E-state index in [1.54, 1.807) is 17.2 Å². The number of carbonyl (C=O) groups is 1. The van der Waals surface area contributed by atoms with Crippen molar-refractivity contribution >= 4 is 5.97 Å². The van der Waals surface area contributed by atoms with Crippen molar-refractivity contribution in [2.45, 2.75) is 84.7 Å². The Balaban J connectivity index is 1.77. The van der Waals surface area contributed by atoms with Crippen molar-refractivity contribution in [3.63, 3.8) is 0 Å². The summed E-state index contributed by atoms with van der Waals surface area (Å²) in [5, 5.41) is 1.58. The van der Waals surface area contributed by atoms with Crippen LogP contribution in [0.15, 0.2) is 48.5 Å². The van der Waals surface area contributed by atoms with E-state index >= 15 is 0 Å².